The first-order valence-electron chi connectivity index (χ1n) is 7.47. The molecule has 6 heteroatoms. The van der Waals surface area contributed by atoms with Crippen LogP contribution in [0.25, 0.3) is 0 Å². The van der Waals surface area contributed by atoms with Crippen LogP contribution in [0.15, 0.2) is 54.6 Å². The van der Waals surface area contributed by atoms with Gasteiger partial charge in [-0.25, -0.2) is 0 Å². The molecule has 0 bridgehead atoms. The highest BCUT2D eigenvalue weighted by Gasteiger charge is 2.17. The Hall–Kier alpha value is -3.15. The fraction of sp³-hybridized carbons (Fsp3) is 0.167. The van der Waals surface area contributed by atoms with Gasteiger partial charge >= 0.3 is 0 Å². The molecule has 124 valence electrons. The van der Waals surface area contributed by atoms with Crippen LogP contribution in [-0.4, -0.2) is 17.7 Å². The normalized spacial score (nSPS) is 11.4. The van der Waals surface area contributed by atoms with Crippen LogP contribution in [0, 0.1) is 0 Å². The Bertz CT molecular complexity index is 727. The maximum Gasteiger partial charge on any atom is 0.248 e. The van der Waals surface area contributed by atoms with Gasteiger partial charge in [-0.2, -0.15) is 0 Å². The molecule has 0 unspecified atom stereocenters. The summed E-state index contributed by atoms with van der Waals surface area (Å²) in [5.74, 6) is -0.977. The molecule has 0 radical (unpaired) electrons. The summed E-state index contributed by atoms with van der Waals surface area (Å²) in [7, 11) is 0. The number of carbonyl (C=O) groups is 3. The summed E-state index contributed by atoms with van der Waals surface area (Å²) in [6, 6.07) is 15.2. The van der Waals surface area contributed by atoms with Crippen molar-refractivity contribution in [2.45, 2.75) is 19.4 Å². The second-order valence-electron chi connectivity index (χ2n) is 5.36. The molecule has 0 aromatic heterocycles. The van der Waals surface area contributed by atoms with Gasteiger partial charge in [0, 0.05) is 18.2 Å². The van der Waals surface area contributed by atoms with Gasteiger partial charge in [0.2, 0.25) is 17.7 Å². The van der Waals surface area contributed by atoms with Crippen molar-refractivity contribution < 1.29 is 14.4 Å². The largest absolute Gasteiger partial charge is 0.366 e. The summed E-state index contributed by atoms with van der Waals surface area (Å²) in [5, 5.41) is 5.52. The second-order valence-corrected chi connectivity index (χ2v) is 5.36. The molecule has 0 aliphatic rings. The topological polar surface area (TPSA) is 101 Å². The molecule has 2 aromatic rings. The van der Waals surface area contributed by atoms with Crippen LogP contribution in [-0.2, 0) is 9.59 Å². The summed E-state index contributed by atoms with van der Waals surface area (Å²) in [5.41, 5.74) is 6.95. The minimum absolute atomic E-state index is 0.0984. The third kappa shape index (κ3) is 4.95. The zero-order chi connectivity index (χ0) is 17.5. The van der Waals surface area contributed by atoms with Crippen LogP contribution in [0.2, 0.25) is 0 Å². The first kappa shape index (κ1) is 17.2. The molecule has 3 amide bonds. The molecule has 2 rings (SSSR count). The minimum atomic E-state index is -0.525. The molecular formula is C18H19N3O3. The summed E-state index contributed by atoms with van der Waals surface area (Å²) in [4.78, 5) is 34.7. The second kappa shape index (κ2) is 7.92. The molecule has 0 saturated heterocycles. The van der Waals surface area contributed by atoms with Crippen molar-refractivity contribution in [1.82, 2.24) is 5.32 Å². The van der Waals surface area contributed by atoms with E-state index in [1.165, 1.54) is 6.92 Å². The van der Waals surface area contributed by atoms with Crippen LogP contribution < -0.4 is 16.4 Å². The van der Waals surface area contributed by atoms with Gasteiger partial charge in [-0.1, -0.05) is 30.3 Å². The fourth-order valence-electron chi connectivity index (χ4n) is 2.30. The third-order valence-electron chi connectivity index (χ3n) is 3.42. The van der Waals surface area contributed by atoms with Crippen LogP contribution in [0.1, 0.15) is 35.3 Å². The Kier molecular flexibility index (Phi) is 5.68. The lowest BCUT2D eigenvalue weighted by Crippen LogP contribution is -2.29. The average Bonchev–Trinajstić information content (AvgIpc) is 2.55. The molecule has 24 heavy (non-hydrogen) atoms. The summed E-state index contributed by atoms with van der Waals surface area (Å²) in [6.07, 6.45) is 0.0984. The number of nitrogens with two attached hydrogens (primary N) is 1. The Morgan fingerprint density at radius 2 is 1.62 bits per heavy atom. The Morgan fingerprint density at radius 3 is 2.17 bits per heavy atom. The Labute approximate surface area is 140 Å². The van der Waals surface area contributed by atoms with E-state index >= 15 is 0 Å². The predicted octanol–water partition coefficient (Wildman–Crippen LogP) is 1.99. The van der Waals surface area contributed by atoms with Crippen molar-refractivity contribution in [3.05, 3.63) is 65.7 Å². The third-order valence-corrected chi connectivity index (χ3v) is 3.42. The molecule has 1 atom stereocenters. The highest BCUT2D eigenvalue weighted by atomic mass is 16.2. The maximum absolute atomic E-state index is 12.2. The van der Waals surface area contributed by atoms with Crippen molar-refractivity contribution in [3.63, 3.8) is 0 Å². The zero-order valence-corrected chi connectivity index (χ0v) is 13.3. The predicted molar refractivity (Wildman–Crippen MR) is 91.2 cm³/mol. The van der Waals surface area contributed by atoms with E-state index in [2.05, 4.69) is 10.6 Å². The smallest absolute Gasteiger partial charge is 0.248 e. The standard InChI is InChI=1S/C18H19N3O3/c1-12(22)20-16(13-5-3-2-4-6-13)11-17(23)21-15-9-7-14(8-10-15)18(19)24/h2-10,16H,11H2,1H3,(H2,19,24)(H,20,22)(H,21,23)/t16-/m1/s1. The van der Waals surface area contributed by atoms with E-state index in [1.54, 1.807) is 24.3 Å². The van der Waals surface area contributed by atoms with E-state index in [0.29, 0.717) is 11.3 Å². The van der Waals surface area contributed by atoms with Gasteiger partial charge in [0.25, 0.3) is 0 Å². The number of anilines is 1. The lowest BCUT2D eigenvalue weighted by atomic mass is 10.0. The van der Waals surface area contributed by atoms with Gasteiger partial charge in [0.15, 0.2) is 0 Å². The Morgan fingerprint density at radius 1 is 1.00 bits per heavy atom. The fourth-order valence-corrected chi connectivity index (χ4v) is 2.30. The molecule has 4 N–H and O–H groups in total. The molecule has 2 aromatic carbocycles. The summed E-state index contributed by atoms with van der Waals surface area (Å²) in [6.45, 7) is 1.41. The van der Waals surface area contributed by atoms with Crippen molar-refractivity contribution in [2.24, 2.45) is 5.73 Å². The number of benzene rings is 2. The zero-order valence-electron chi connectivity index (χ0n) is 13.3. The minimum Gasteiger partial charge on any atom is -0.366 e. The lowest BCUT2D eigenvalue weighted by molar-refractivity contribution is -0.120. The monoisotopic (exact) mass is 325 g/mol. The molecule has 0 aliphatic carbocycles. The molecule has 0 saturated carbocycles. The van der Waals surface area contributed by atoms with Gasteiger partial charge in [0.1, 0.15) is 0 Å². The maximum atomic E-state index is 12.2. The molecule has 0 aliphatic heterocycles. The van der Waals surface area contributed by atoms with Crippen LogP contribution in [0.4, 0.5) is 5.69 Å². The lowest BCUT2D eigenvalue weighted by Gasteiger charge is -2.18. The average molecular weight is 325 g/mol. The van der Waals surface area contributed by atoms with E-state index in [1.807, 2.05) is 30.3 Å². The Balaban J connectivity index is 2.04. The van der Waals surface area contributed by atoms with Crippen LogP contribution in [0.3, 0.4) is 0 Å². The van der Waals surface area contributed by atoms with E-state index in [9.17, 15) is 14.4 Å². The van der Waals surface area contributed by atoms with E-state index in [0.717, 1.165) is 5.56 Å². The first-order valence-corrected chi connectivity index (χ1v) is 7.47. The molecule has 0 spiro atoms. The van der Waals surface area contributed by atoms with Gasteiger partial charge < -0.3 is 16.4 Å². The van der Waals surface area contributed by atoms with Crippen LogP contribution in [0.5, 0.6) is 0 Å². The van der Waals surface area contributed by atoms with Crippen molar-refractivity contribution >= 4 is 23.4 Å². The van der Waals surface area contributed by atoms with Gasteiger partial charge in [0.05, 0.1) is 12.5 Å². The van der Waals surface area contributed by atoms with Crippen LogP contribution >= 0.6 is 0 Å². The molecular weight excluding hydrogens is 306 g/mol. The van der Waals surface area contributed by atoms with Gasteiger partial charge in [-0.05, 0) is 29.8 Å². The number of hydrogen-bond donors (Lipinski definition) is 3. The van der Waals surface area contributed by atoms with Crippen molar-refractivity contribution in [3.8, 4) is 0 Å². The number of primary amides is 1. The summed E-state index contributed by atoms with van der Waals surface area (Å²) >= 11 is 0. The van der Waals surface area contributed by atoms with Gasteiger partial charge in [-0.15, -0.1) is 0 Å². The highest BCUT2D eigenvalue weighted by Crippen LogP contribution is 2.18. The number of hydrogen-bond acceptors (Lipinski definition) is 3. The van der Waals surface area contributed by atoms with Crippen molar-refractivity contribution in [1.29, 1.82) is 0 Å². The van der Waals surface area contributed by atoms with E-state index in [4.69, 9.17) is 5.73 Å². The summed E-state index contributed by atoms with van der Waals surface area (Å²) < 4.78 is 0. The molecule has 6 nitrogen and oxygen atoms in total. The molecule has 0 heterocycles. The number of rotatable bonds is 6. The number of amides is 3. The van der Waals surface area contributed by atoms with E-state index < -0.39 is 11.9 Å². The first-order chi connectivity index (χ1) is 11.5. The molecule has 0 fully saturated rings. The number of nitrogens with one attached hydrogen (secondary N) is 2. The van der Waals surface area contributed by atoms with Gasteiger partial charge in [-0.3, -0.25) is 14.4 Å². The number of carbonyl (C=O) groups excluding carboxylic acids is 3. The highest BCUT2D eigenvalue weighted by molar-refractivity contribution is 5.95. The van der Waals surface area contributed by atoms with E-state index in [-0.39, 0.29) is 18.2 Å². The SMILES string of the molecule is CC(=O)N[C@H](CC(=O)Nc1ccc(C(N)=O)cc1)c1ccccc1. The quantitative estimate of drug-likeness (QED) is 0.757. The van der Waals surface area contributed by atoms with Crippen molar-refractivity contribution in [2.75, 3.05) is 5.32 Å².